The Hall–Kier alpha value is -2.14. The molecule has 5 heteroatoms. The molecule has 3 N–H and O–H groups in total. The van der Waals surface area contributed by atoms with Crippen LogP contribution in [0.25, 0.3) is 11.1 Å². The van der Waals surface area contributed by atoms with Crippen molar-refractivity contribution in [1.82, 2.24) is 15.3 Å². The fraction of sp³-hybridized carbons (Fsp3) is 0.231. The van der Waals surface area contributed by atoms with Crippen molar-refractivity contribution in [3.05, 3.63) is 46.0 Å². The Labute approximate surface area is 105 Å². The van der Waals surface area contributed by atoms with Gasteiger partial charge in [-0.2, -0.15) is 4.98 Å². The quantitative estimate of drug-likeness (QED) is 0.758. The topological polar surface area (TPSA) is 78.0 Å². The maximum atomic E-state index is 11.9. The van der Waals surface area contributed by atoms with E-state index in [4.69, 9.17) is 0 Å². The zero-order chi connectivity index (χ0) is 13.1. The van der Waals surface area contributed by atoms with E-state index < -0.39 is 0 Å². The van der Waals surface area contributed by atoms with E-state index in [2.05, 4.69) is 15.3 Å². The lowest BCUT2D eigenvalue weighted by Gasteiger charge is -2.06. The van der Waals surface area contributed by atoms with Gasteiger partial charge in [-0.25, -0.2) is 0 Å². The molecular weight excluding hydrogens is 230 g/mol. The van der Waals surface area contributed by atoms with Crippen LogP contribution in [-0.2, 0) is 6.54 Å². The summed E-state index contributed by atoms with van der Waals surface area (Å²) >= 11 is 0. The minimum Gasteiger partial charge on any atom is -0.493 e. The minimum atomic E-state index is -0.336. The summed E-state index contributed by atoms with van der Waals surface area (Å²) in [4.78, 5) is 18.5. The summed E-state index contributed by atoms with van der Waals surface area (Å²) in [5.41, 5.74) is 1.61. The van der Waals surface area contributed by atoms with E-state index in [1.165, 1.54) is 0 Å². The first-order valence-electron chi connectivity index (χ1n) is 5.65. The number of aromatic hydroxyl groups is 1. The third-order valence-electron chi connectivity index (χ3n) is 2.63. The van der Waals surface area contributed by atoms with Crippen molar-refractivity contribution in [2.75, 3.05) is 7.05 Å². The molecule has 0 bridgehead atoms. The van der Waals surface area contributed by atoms with Crippen LogP contribution in [0.1, 0.15) is 11.4 Å². The van der Waals surface area contributed by atoms with Crippen LogP contribution in [-0.4, -0.2) is 22.1 Å². The van der Waals surface area contributed by atoms with Crippen molar-refractivity contribution in [3.8, 4) is 17.0 Å². The second kappa shape index (κ2) is 5.01. The summed E-state index contributed by atoms with van der Waals surface area (Å²) in [6, 6.07) is 7.35. The number of hydrogen-bond donors (Lipinski definition) is 3. The van der Waals surface area contributed by atoms with E-state index in [9.17, 15) is 9.90 Å². The molecule has 0 radical (unpaired) electrons. The lowest BCUT2D eigenvalue weighted by atomic mass is 10.1. The number of nitrogens with one attached hydrogen (secondary N) is 2. The highest BCUT2D eigenvalue weighted by Crippen LogP contribution is 2.23. The molecule has 0 aliphatic heterocycles. The Kier molecular flexibility index (Phi) is 3.43. The average Bonchev–Trinajstić information content (AvgIpc) is 2.31. The van der Waals surface area contributed by atoms with Crippen LogP contribution in [0.15, 0.2) is 29.1 Å². The largest absolute Gasteiger partial charge is 0.493 e. The lowest BCUT2D eigenvalue weighted by Crippen LogP contribution is -2.17. The number of nitrogens with zero attached hydrogens (tertiary/aromatic N) is 1. The van der Waals surface area contributed by atoms with Crippen LogP contribution in [0.5, 0.6) is 5.88 Å². The number of rotatable bonds is 3. The number of aromatic nitrogens is 2. The Morgan fingerprint density at radius 1 is 1.33 bits per heavy atom. The first-order chi connectivity index (χ1) is 8.61. The van der Waals surface area contributed by atoms with Crippen molar-refractivity contribution >= 4 is 0 Å². The Morgan fingerprint density at radius 3 is 2.56 bits per heavy atom. The number of hydrogen-bond acceptors (Lipinski definition) is 4. The Balaban J connectivity index is 2.52. The van der Waals surface area contributed by atoms with Crippen LogP contribution in [0.3, 0.4) is 0 Å². The normalized spacial score (nSPS) is 10.6. The van der Waals surface area contributed by atoms with E-state index in [1.54, 1.807) is 19.2 Å². The van der Waals surface area contributed by atoms with E-state index in [1.807, 2.05) is 19.1 Å². The second-order valence-electron chi connectivity index (χ2n) is 4.11. The molecule has 0 aliphatic rings. The highest BCUT2D eigenvalue weighted by Gasteiger charge is 2.12. The van der Waals surface area contributed by atoms with E-state index in [0.717, 1.165) is 5.56 Å². The molecule has 18 heavy (non-hydrogen) atoms. The average molecular weight is 245 g/mol. The van der Waals surface area contributed by atoms with Gasteiger partial charge in [-0.15, -0.1) is 0 Å². The van der Waals surface area contributed by atoms with Crippen LogP contribution in [0.2, 0.25) is 0 Å². The van der Waals surface area contributed by atoms with Gasteiger partial charge in [0.1, 0.15) is 11.4 Å². The van der Waals surface area contributed by atoms with Crippen LogP contribution >= 0.6 is 0 Å². The zero-order valence-corrected chi connectivity index (χ0v) is 10.3. The first-order valence-corrected chi connectivity index (χ1v) is 5.65. The predicted octanol–water partition coefficient (Wildman–Crippen LogP) is 1.17. The first kappa shape index (κ1) is 12.3. The summed E-state index contributed by atoms with van der Waals surface area (Å²) in [7, 11) is 1.74. The van der Waals surface area contributed by atoms with Crippen molar-refractivity contribution in [2.45, 2.75) is 13.5 Å². The molecule has 1 aromatic heterocycles. The van der Waals surface area contributed by atoms with E-state index in [-0.39, 0.29) is 17.0 Å². The van der Waals surface area contributed by atoms with Crippen molar-refractivity contribution in [1.29, 1.82) is 0 Å². The number of H-pyrrole nitrogens is 1. The predicted molar refractivity (Wildman–Crippen MR) is 69.5 cm³/mol. The summed E-state index contributed by atoms with van der Waals surface area (Å²) in [5.74, 6) is 0.170. The molecule has 2 aromatic rings. The fourth-order valence-electron chi connectivity index (χ4n) is 1.74. The smallest absolute Gasteiger partial charge is 0.262 e. The van der Waals surface area contributed by atoms with Gasteiger partial charge in [-0.1, -0.05) is 29.8 Å². The van der Waals surface area contributed by atoms with Gasteiger partial charge in [0, 0.05) is 0 Å². The summed E-state index contributed by atoms with van der Waals surface area (Å²) in [6.07, 6.45) is 0. The molecule has 1 heterocycles. The lowest BCUT2D eigenvalue weighted by molar-refractivity contribution is 0.449. The molecule has 0 spiro atoms. The molecule has 0 amide bonds. The third kappa shape index (κ3) is 2.41. The Bertz CT molecular complexity index is 603. The van der Waals surface area contributed by atoms with Crippen molar-refractivity contribution in [3.63, 3.8) is 0 Å². The molecule has 0 aliphatic carbocycles. The third-order valence-corrected chi connectivity index (χ3v) is 2.63. The summed E-state index contributed by atoms with van der Waals surface area (Å²) in [6.45, 7) is 2.36. The molecule has 0 saturated carbocycles. The number of aromatic amines is 1. The molecule has 0 saturated heterocycles. The van der Waals surface area contributed by atoms with Crippen LogP contribution < -0.4 is 10.9 Å². The Morgan fingerprint density at radius 2 is 2.00 bits per heavy atom. The van der Waals surface area contributed by atoms with Crippen LogP contribution in [0.4, 0.5) is 0 Å². The maximum absolute atomic E-state index is 11.9. The number of aryl methyl sites for hydroxylation is 1. The molecule has 2 rings (SSSR count). The second-order valence-corrected chi connectivity index (χ2v) is 4.11. The van der Waals surface area contributed by atoms with Gasteiger partial charge in [0.05, 0.1) is 6.54 Å². The SMILES string of the molecule is CNCc1nc(O)c(-c2ccc(C)cc2)c(=O)[nH]1. The van der Waals surface area contributed by atoms with Gasteiger partial charge in [0.25, 0.3) is 5.56 Å². The molecular formula is C13H15N3O2. The maximum Gasteiger partial charge on any atom is 0.262 e. The minimum absolute atomic E-state index is 0.204. The van der Waals surface area contributed by atoms with Gasteiger partial charge in [0.15, 0.2) is 0 Å². The number of benzene rings is 1. The molecule has 0 unspecified atom stereocenters. The van der Waals surface area contributed by atoms with Gasteiger partial charge in [-0.05, 0) is 19.5 Å². The molecule has 0 atom stereocenters. The van der Waals surface area contributed by atoms with Crippen LogP contribution in [0, 0.1) is 6.92 Å². The highest BCUT2D eigenvalue weighted by atomic mass is 16.3. The standard InChI is InChI=1S/C13H15N3O2/c1-8-3-5-9(6-4-8)11-12(17)15-10(7-14-2)16-13(11)18/h3-6,14H,7H2,1-2H3,(H2,15,16,17,18). The molecule has 1 aromatic carbocycles. The van der Waals surface area contributed by atoms with Crippen molar-refractivity contribution in [2.24, 2.45) is 0 Å². The van der Waals surface area contributed by atoms with Crippen molar-refractivity contribution < 1.29 is 5.11 Å². The zero-order valence-electron chi connectivity index (χ0n) is 10.3. The van der Waals surface area contributed by atoms with Gasteiger partial charge in [-0.3, -0.25) is 4.79 Å². The van der Waals surface area contributed by atoms with Gasteiger partial charge >= 0.3 is 0 Å². The van der Waals surface area contributed by atoms with Gasteiger partial charge in [0.2, 0.25) is 5.88 Å². The summed E-state index contributed by atoms with van der Waals surface area (Å²) in [5, 5.41) is 12.7. The van der Waals surface area contributed by atoms with E-state index in [0.29, 0.717) is 17.9 Å². The van der Waals surface area contributed by atoms with E-state index >= 15 is 0 Å². The molecule has 94 valence electrons. The fourth-order valence-corrected chi connectivity index (χ4v) is 1.74. The highest BCUT2D eigenvalue weighted by molar-refractivity contribution is 5.67. The molecule has 0 fully saturated rings. The summed E-state index contributed by atoms with van der Waals surface area (Å²) < 4.78 is 0. The molecule has 5 nitrogen and oxygen atoms in total. The monoisotopic (exact) mass is 245 g/mol. The van der Waals surface area contributed by atoms with Gasteiger partial charge < -0.3 is 15.4 Å².